The Morgan fingerprint density at radius 2 is 1.92 bits per heavy atom. The normalized spacial score (nSPS) is 16.1. The van der Waals surface area contributed by atoms with Gasteiger partial charge in [-0.2, -0.15) is 13.2 Å². The van der Waals surface area contributed by atoms with Crippen molar-refractivity contribution in [2.24, 2.45) is 0 Å². The lowest BCUT2D eigenvalue weighted by atomic mass is 9.98. The fraction of sp³-hybridized carbons (Fsp3) is 0.417. The number of carboxylic acid groups (broad SMARTS) is 1. The Bertz CT molecular complexity index is 1120. The second-order valence-corrected chi connectivity index (χ2v) is 8.73. The Morgan fingerprint density at radius 3 is 2.47 bits per heavy atom. The lowest BCUT2D eigenvalue weighted by Gasteiger charge is -2.40. The van der Waals surface area contributed by atoms with E-state index in [0.717, 1.165) is 4.90 Å². The van der Waals surface area contributed by atoms with Gasteiger partial charge < -0.3 is 19.6 Å². The lowest BCUT2D eigenvalue weighted by Crippen LogP contribution is -2.54. The number of hydrogen-bond acceptors (Lipinski definition) is 5. The van der Waals surface area contributed by atoms with Crippen LogP contribution in [0.5, 0.6) is 5.75 Å². The minimum absolute atomic E-state index is 0.0685. The molecule has 1 heterocycles. The van der Waals surface area contributed by atoms with Gasteiger partial charge in [-0.3, -0.25) is 14.9 Å². The summed E-state index contributed by atoms with van der Waals surface area (Å²) in [6.07, 6.45) is -5.39. The van der Waals surface area contributed by atoms with E-state index < -0.39 is 57.7 Å². The van der Waals surface area contributed by atoms with Crippen molar-refractivity contribution < 1.29 is 37.5 Å². The summed E-state index contributed by atoms with van der Waals surface area (Å²) in [5.74, 6) is -1.68. The summed E-state index contributed by atoms with van der Waals surface area (Å²) in [6, 6.07) is 8.22. The molecule has 0 aliphatic carbocycles. The van der Waals surface area contributed by atoms with Crippen LogP contribution in [-0.4, -0.2) is 57.0 Å². The average molecular weight is 509 g/mol. The zero-order valence-electron chi connectivity index (χ0n) is 19.7. The molecule has 3 rings (SSSR count). The number of rotatable bonds is 7. The number of carbonyl (C=O) groups is 2. The summed E-state index contributed by atoms with van der Waals surface area (Å²) in [7, 11) is 0. The number of piperidine rings is 1. The van der Waals surface area contributed by atoms with Gasteiger partial charge in [0.15, 0.2) is 5.75 Å². The highest BCUT2D eigenvalue weighted by molar-refractivity contribution is 5.97. The van der Waals surface area contributed by atoms with Crippen molar-refractivity contribution in [3.63, 3.8) is 0 Å². The summed E-state index contributed by atoms with van der Waals surface area (Å²) in [6.45, 7) is 3.16. The first-order chi connectivity index (χ1) is 16.9. The molecule has 1 fully saturated rings. The predicted molar refractivity (Wildman–Crippen MR) is 123 cm³/mol. The van der Waals surface area contributed by atoms with Crippen LogP contribution < -0.4 is 4.74 Å². The molecule has 1 aliphatic rings. The van der Waals surface area contributed by atoms with Crippen molar-refractivity contribution in [3.05, 3.63) is 69.3 Å². The Labute approximate surface area is 205 Å². The first-order valence-electron chi connectivity index (χ1n) is 11.3. The van der Waals surface area contributed by atoms with Crippen LogP contribution in [0.25, 0.3) is 0 Å². The number of benzene rings is 2. The van der Waals surface area contributed by atoms with E-state index in [0.29, 0.717) is 30.5 Å². The summed E-state index contributed by atoms with van der Waals surface area (Å²) in [5.41, 5.74) is -2.44. The van der Waals surface area contributed by atoms with Gasteiger partial charge in [-0.25, -0.2) is 4.79 Å². The van der Waals surface area contributed by atoms with Crippen molar-refractivity contribution in [1.82, 2.24) is 9.80 Å². The van der Waals surface area contributed by atoms with E-state index in [4.69, 9.17) is 4.74 Å². The Hall–Kier alpha value is -3.83. The minimum atomic E-state index is -5.01. The van der Waals surface area contributed by atoms with Crippen LogP contribution in [0, 0.1) is 10.1 Å². The summed E-state index contributed by atoms with van der Waals surface area (Å²) < 4.78 is 47.6. The number of halogens is 3. The number of nitro benzene ring substituents is 1. The molecule has 2 aromatic rings. The molecular formula is C24H26F3N3O6. The third-order valence-corrected chi connectivity index (χ3v) is 5.92. The minimum Gasteiger partial charge on any atom is -0.482 e. The summed E-state index contributed by atoms with van der Waals surface area (Å²) in [5, 5.41) is 21.1. The molecule has 9 nitrogen and oxygen atoms in total. The van der Waals surface area contributed by atoms with E-state index in [9.17, 15) is 38.0 Å². The van der Waals surface area contributed by atoms with E-state index in [1.807, 2.05) is 0 Å². The average Bonchev–Trinajstić information content (AvgIpc) is 2.82. The van der Waals surface area contributed by atoms with Crippen LogP contribution >= 0.6 is 0 Å². The number of nitrogens with zero attached hydrogens (tertiary/aromatic N) is 3. The molecule has 12 heteroatoms. The number of amides is 2. The number of likely N-dealkylation sites (tertiary alicyclic amines) is 1. The maximum atomic E-state index is 14.1. The molecule has 0 aromatic heterocycles. The Kier molecular flexibility index (Phi) is 8.06. The number of nitro groups is 1. The molecule has 0 bridgehead atoms. The quantitative estimate of drug-likeness (QED) is 0.406. The third-order valence-electron chi connectivity index (χ3n) is 5.92. The van der Waals surface area contributed by atoms with Gasteiger partial charge in [0.05, 0.1) is 22.1 Å². The van der Waals surface area contributed by atoms with E-state index in [2.05, 4.69) is 0 Å². The fourth-order valence-corrected chi connectivity index (χ4v) is 4.29. The van der Waals surface area contributed by atoms with Crippen molar-refractivity contribution in [2.75, 3.05) is 13.1 Å². The monoisotopic (exact) mass is 509 g/mol. The van der Waals surface area contributed by atoms with Crippen molar-refractivity contribution >= 4 is 17.7 Å². The van der Waals surface area contributed by atoms with Gasteiger partial charge in [0.25, 0.3) is 5.91 Å². The van der Waals surface area contributed by atoms with Crippen LogP contribution in [0.1, 0.15) is 48.2 Å². The molecule has 2 amide bonds. The lowest BCUT2D eigenvalue weighted by molar-refractivity contribution is -0.386. The molecule has 194 valence electrons. The van der Waals surface area contributed by atoms with Crippen LogP contribution in [0.2, 0.25) is 0 Å². The van der Waals surface area contributed by atoms with Crippen LogP contribution in [0.4, 0.5) is 23.7 Å². The Morgan fingerprint density at radius 1 is 1.25 bits per heavy atom. The molecule has 1 saturated heterocycles. The van der Waals surface area contributed by atoms with Crippen LogP contribution in [0.3, 0.4) is 0 Å². The standard InChI is InChI=1S/C24H26F3N3O6/c1-15(2)29(17-9-6-10-28(13-17)23(32)33)22(31)18-11-20(30(34)35)21(12-19(18)24(25,26)27)36-14-16-7-4-3-5-8-16/h3-5,7-8,11-12,15,17H,6,9-10,13-14H2,1-2H3,(H,32,33)/t17-/m1/s1. The van der Waals surface area contributed by atoms with Crippen molar-refractivity contribution in [2.45, 2.75) is 51.6 Å². The SMILES string of the molecule is CC(C)N(C(=O)c1cc([N+](=O)[O-])c(OCc2ccccc2)cc1C(F)(F)F)[C@@H]1CCCN(C(=O)O)C1. The molecule has 0 radical (unpaired) electrons. The Balaban J connectivity index is 2.04. The van der Waals surface area contributed by atoms with Gasteiger partial charge in [-0.15, -0.1) is 0 Å². The largest absolute Gasteiger partial charge is 0.482 e. The molecule has 1 atom stereocenters. The zero-order chi connectivity index (χ0) is 26.6. The van der Waals surface area contributed by atoms with E-state index >= 15 is 0 Å². The van der Waals surface area contributed by atoms with Crippen LogP contribution in [0.15, 0.2) is 42.5 Å². The molecule has 1 N–H and O–H groups in total. The molecule has 0 spiro atoms. The van der Waals surface area contributed by atoms with Gasteiger partial charge >= 0.3 is 18.0 Å². The molecule has 0 unspecified atom stereocenters. The van der Waals surface area contributed by atoms with E-state index in [-0.39, 0.29) is 19.7 Å². The van der Waals surface area contributed by atoms with Gasteiger partial charge in [-0.1, -0.05) is 30.3 Å². The van der Waals surface area contributed by atoms with Gasteiger partial charge in [0, 0.05) is 31.3 Å². The second-order valence-electron chi connectivity index (χ2n) is 8.73. The van der Waals surface area contributed by atoms with Gasteiger partial charge in [0.2, 0.25) is 0 Å². The first-order valence-corrected chi connectivity index (χ1v) is 11.3. The number of carbonyl (C=O) groups excluding carboxylic acids is 1. The van der Waals surface area contributed by atoms with Crippen molar-refractivity contribution in [1.29, 1.82) is 0 Å². The highest BCUT2D eigenvalue weighted by atomic mass is 19.4. The molecule has 1 aliphatic heterocycles. The highest BCUT2D eigenvalue weighted by Gasteiger charge is 2.41. The molecule has 36 heavy (non-hydrogen) atoms. The second kappa shape index (κ2) is 10.8. The maximum Gasteiger partial charge on any atom is 0.417 e. The maximum absolute atomic E-state index is 14.1. The number of ether oxygens (including phenoxy) is 1. The fourth-order valence-electron chi connectivity index (χ4n) is 4.29. The molecular weight excluding hydrogens is 483 g/mol. The first kappa shape index (κ1) is 26.8. The predicted octanol–water partition coefficient (Wildman–Crippen LogP) is 5.19. The summed E-state index contributed by atoms with van der Waals surface area (Å²) in [4.78, 5) is 38.0. The highest BCUT2D eigenvalue weighted by Crippen LogP contribution is 2.40. The molecule has 0 saturated carbocycles. The zero-order valence-corrected chi connectivity index (χ0v) is 19.7. The number of alkyl halides is 3. The number of hydrogen-bond donors (Lipinski definition) is 1. The van der Waals surface area contributed by atoms with Crippen LogP contribution in [-0.2, 0) is 12.8 Å². The van der Waals surface area contributed by atoms with Gasteiger partial charge in [-0.05, 0) is 32.3 Å². The van der Waals surface area contributed by atoms with E-state index in [1.165, 1.54) is 4.90 Å². The van der Waals surface area contributed by atoms with Gasteiger partial charge in [0.1, 0.15) is 6.61 Å². The third kappa shape index (κ3) is 6.04. The van der Waals surface area contributed by atoms with E-state index in [1.54, 1.807) is 44.2 Å². The topological polar surface area (TPSA) is 113 Å². The smallest absolute Gasteiger partial charge is 0.417 e. The summed E-state index contributed by atoms with van der Waals surface area (Å²) >= 11 is 0. The van der Waals surface area contributed by atoms with Crippen molar-refractivity contribution in [3.8, 4) is 5.75 Å². The molecule has 2 aromatic carbocycles.